The highest BCUT2D eigenvalue weighted by molar-refractivity contribution is 7.17. The lowest BCUT2D eigenvalue weighted by atomic mass is 10.0. The zero-order chi connectivity index (χ0) is 13.3. The van der Waals surface area contributed by atoms with Crippen molar-refractivity contribution in [1.29, 1.82) is 0 Å². The van der Waals surface area contributed by atoms with Gasteiger partial charge in [-0.1, -0.05) is 32.1 Å². The first-order valence-electron chi connectivity index (χ1n) is 6.51. The van der Waals surface area contributed by atoms with Crippen molar-refractivity contribution in [2.75, 3.05) is 18.0 Å². The fraction of sp³-hybridized carbons (Fsp3) is 0.692. The molecule has 2 unspecified atom stereocenters. The summed E-state index contributed by atoms with van der Waals surface area (Å²) in [6, 6.07) is 0. The van der Waals surface area contributed by atoms with E-state index < -0.39 is 5.97 Å². The van der Waals surface area contributed by atoms with Crippen LogP contribution in [0.1, 0.15) is 54.9 Å². The molecule has 0 aromatic carbocycles. The van der Waals surface area contributed by atoms with Gasteiger partial charge in [0.1, 0.15) is 4.88 Å². The Labute approximate surface area is 112 Å². The van der Waals surface area contributed by atoms with Crippen LogP contribution in [-0.4, -0.2) is 29.1 Å². The van der Waals surface area contributed by atoms with E-state index in [1.54, 1.807) is 0 Å². The van der Waals surface area contributed by atoms with Gasteiger partial charge in [-0.2, -0.15) is 0 Å². The lowest BCUT2D eigenvalue weighted by Gasteiger charge is -2.13. The van der Waals surface area contributed by atoms with E-state index in [-0.39, 0.29) is 5.92 Å². The number of aromatic nitrogens is 1. The number of carboxylic acids is 1. The third-order valence-corrected chi connectivity index (χ3v) is 4.73. The number of hydrogen-bond acceptors (Lipinski definition) is 4. The van der Waals surface area contributed by atoms with Crippen LogP contribution in [0, 0.1) is 5.92 Å². The lowest BCUT2D eigenvalue weighted by molar-refractivity contribution is 0.0700. The number of rotatable bonds is 4. The summed E-state index contributed by atoms with van der Waals surface area (Å²) >= 11 is 1.33. The van der Waals surface area contributed by atoms with Gasteiger partial charge in [0.25, 0.3) is 0 Å². The molecular formula is C13H20N2O2S. The van der Waals surface area contributed by atoms with Crippen LogP contribution in [0.25, 0.3) is 0 Å². The molecule has 1 aromatic rings. The van der Waals surface area contributed by atoms with Gasteiger partial charge in [-0.25, -0.2) is 9.78 Å². The van der Waals surface area contributed by atoms with Crippen LogP contribution in [-0.2, 0) is 0 Å². The average Bonchev–Trinajstić information content (AvgIpc) is 2.93. The topological polar surface area (TPSA) is 53.4 Å². The van der Waals surface area contributed by atoms with Gasteiger partial charge in [-0.15, -0.1) is 0 Å². The number of carboxylic acid groups (broad SMARTS) is 1. The number of nitrogens with zero attached hydrogens (tertiary/aromatic N) is 2. The number of anilines is 1. The molecule has 100 valence electrons. The van der Waals surface area contributed by atoms with Gasteiger partial charge in [-0.05, 0) is 24.7 Å². The Morgan fingerprint density at radius 2 is 2.39 bits per heavy atom. The van der Waals surface area contributed by atoms with Crippen LogP contribution in [0.3, 0.4) is 0 Å². The molecule has 1 fully saturated rings. The van der Waals surface area contributed by atoms with E-state index in [0.717, 1.165) is 30.3 Å². The monoisotopic (exact) mass is 268 g/mol. The molecule has 2 atom stereocenters. The van der Waals surface area contributed by atoms with Gasteiger partial charge in [-0.3, -0.25) is 0 Å². The van der Waals surface area contributed by atoms with Crippen LogP contribution < -0.4 is 4.90 Å². The molecule has 4 nitrogen and oxygen atoms in total. The smallest absolute Gasteiger partial charge is 0.347 e. The molecule has 0 aliphatic carbocycles. The van der Waals surface area contributed by atoms with Crippen molar-refractivity contribution in [2.45, 2.75) is 39.5 Å². The minimum atomic E-state index is -0.846. The Morgan fingerprint density at radius 3 is 2.89 bits per heavy atom. The Hall–Kier alpha value is -1.10. The maximum absolute atomic E-state index is 11.3. The van der Waals surface area contributed by atoms with Crippen LogP contribution in [0.2, 0.25) is 0 Å². The zero-order valence-corrected chi connectivity index (χ0v) is 12.0. The van der Waals surface area contributed by atoms with E-state index in [1.807, 2.05) is 6.92 Å². The summed E-state index contributed by atoms with van der Waals surface area (Å²) in [5.74, 6) is 0.0386. The van der Waals surface area contributed by atoms with Crippen LogP contribution in [0.5, 0.6) is 0 Å². The Balaban J connectivity index is 2.30. The molecule has 5 heteroatoms. The predicted octanol–water partition coefficient (Wildman–Crippen LogP) is 3.20. The van der Waals surface area contributed by atoms with Crippen molar-refractivity contribution in [3.8, 4) is 0 Å². The minimum Gasteiger partial charge on any atom is -0.477 e. The van der Waals surface area contributed by atoms with E-state index in [1.165, 1.54) is 17.8 Å². The SMILES string of the molecule is CCC(C)c1nc(N2CCC(C)C2)sc1C(=O)O. The van der Waals surface area contributed by atoms with Crippen molar-refractivity contribution in [3.63, 3.8) is 0 Å². The quantitative estimate of drug-likeness (QED) is 0.911. The summed E-state index contributed by atoms with van der Waals surface area (Å²) in [6.45, 7) is 8.31. The summed E-state index contributed by atoms with van der Waals surface area (Å²) in [5, 5.41) is 10.2. The van der Waals surface area contributed by atoms with Gasteiger partial charge < -0.3 is 10.0 Å². The summed E-state index contributed by atoms with van der Waals surface area (Å²) in [7, 11) is 0. The van der Waals surface area contributed by atoms with Crippen molar-refractivity contribution in [2.24, 2.45) is 5.92 Å². The summed E-state index contributed by atoms with van der Waals surface area (Å²) in [4.78, 5) is 18.5. The normalized spacial score (nSPS) is 21.3. The van der Waals surface area contributed by atoms with Gasteiger partial charge >= 0.3 is 5.97 Å². The third kappa shape index (κ3) is 2.51. The van der Waals surface area contributed by atoms with E-state index in [9.17, 15) is 9.90 Å². The van der Waals surface area contributed by atoms with Crippen molar-refractivity contribution >= 4 is 22.4 Å². The number of aromatic carboxylic acids is 1. The molecule has 2 heterocycles. The fourth-order valence-electron chi connectivity index (χ4n) is 2.24. The summed E-state index contributed by atoms with van der Waals surface area (Å²) < 4.78 is 0. The van der Waals surface area contributed by atoms with Crippen LogP contribution in [0.4, 0.5) is 5.13 Å². The second kappa shape index (κ2) is 5.26. The molecule has 0 amide bonds. The molecule has 18 heavy (non-hydrogen) atoms. The second-order valence-corrected chi connectivity index (χ2v) is 6.14. The van der Waals surface area contributed by atoms with Crippen molar-refractivity contribution < 1.29 is 9.90 Å². The van der Waals surface area contributed by atoms with Gasteiger partial charge in [0.15, 0.2) is 5.13 Å². The largest absolute Gasteiger partial charge is 0.477 e. The average molecular weight is 268 g/mol. The molecule has 1 saturated heterocycles. The molecule has 0 radical (unpaired) electrons. The molecule has 1 aliphatic heterocycles. The molecule has 0 spiro atoms. The summed E-state index contributed by atoms with van der Waals surface area (Å²) in [6.07, 6.45) is 2.08. The Kier molecular flexibility index (Phi) is 3.90. The molecule has 2 rings (SSSR count). The highest BCUT2D eigenvalue weighted by Crippen LogP contribution is 2.34. The first-order chi connectivity index (χ1) is 8.52. The Morgan fingerprint density at radius 1 is 1.67 bits per heavy atom. The standard InChI is InChI=1S/C13H20N2O2S/c1-4-9(3)10-11(12(16)17)18-13(14-10)15-6-5-8(2)7-15/h8-9H,4-7H2,1-3H3,(H,16,17). The van der Waals surface area contributed by atoms with E-state index in [2.05, 4.69) is 23.7 Å². The molecular weight excluding hydrogens is 248 g/mol. The van der Waals surface area contributed by atoms with Gasteiger partial charge in [0.2, 0.25) is 0 Å². The van der Waals surface area contributed by atoms with Crippen molar-refractivity contribution in [1.82, 2.24) is 4.98 Å². The molecule has 1 aromatic heterocycles. The number of hydrogen-bond donors (Lipinski definition) is 1. The Bertz CT molecular complexity index is 444. The highest BCUT2D eigenvalue weighted by Gasteiger charge is 2.26. The van der Waals surface area contributed by atoms with Crippen LogP contribution in [0.15, 0.2) is 0 Å². The van der Waals surface area contributed by atoms with Gasteiger partial charge in [0.05, 0.1) is 5.69 Å². The lowest BCUT2D eigenvalue weighted by Crippen LogP contribution is -2.18. The van der Waals surface area contributed by atoms with E-state index in [0.29, 0.717) is 10.8 Å². The third-order valence-electron chi connectivity index (χ3n) is 3.61. The number of thiazole rings is 1. The predicted molar refractivity (Wildman–Crippen MR) is 73.8 cm³/mol. The fourth-order valence-corrected chi connectivity index (χ4v) is 3.30. The zero-order valence-electron chi connectivity index (χ0n) is 11.1. The second-order valence-electron chi connectivity index (χ2n) is 5.17. The molecule has 0 bridgehead atoms. The van der Waals surface area contributed by atoms with E-state index in [4.69, 9.17) is 0 Å². The first kappa shape index (κ1) is 13.3. The maximum Gasteiger partial charge on any atom is 0.347 e. The van der Waals surface area contributed by atoms with E-state index >= 15 is 0 Å². The van der Waals surface area contributed by atoms with Crippen LogP contribution >= 0.6 is 11.3 Å². The first-order valence-corrected chi connectivity index (χ1v) is 7.33. The highest BCUT2D eigenvalue weighted by atomic mass is 32.1. The minimum absolute atomic E-state index is 0.209. The maximum atomic E-state index is 11.3. The van der Waals surface area contributed by atoms with Crippen molar-refractivity contribution in [3.05, 3.63) is 10.6 Å². The molecule has 0 saturated carbocycles. The number of carbonyl (C=O) groups is 1. The molecule has 1 N–H and O–H groups in total. The molecule has 1 aliphatic rings. The summed E-state index contributed by atoms with van der Waals surface area (Å²) in [5.41, 5.74) is 0.754. The van der Waals surface area contributed by atoms with Gasteiger partial charge in [0, 0.05) is 13.1 Å².